The molecule has 0 aliphatic rings. The van der Waals surface area contributed by atoms with Gasteiger partial charge in [0.25, 0.3) is 5.88 Å². The minimum absolute atomic E-state index is 0.00176. The average Bonchev–Trinajstić information content (AvgIpc) is 2.91. The molecule has 5 heteroatoms. The molecule has 3 aromatic heterocycles. The van der Waals surface area contributed by atoms with Crippen molar-refractivity contribution in [3.8, 4) is 5.88 Å². The first-order valence-electron chi connectivity index (χ1n) is 5.91. The van der Waals surface area contributed by atoms with Crippen LogP contribution in [0.2, 0.25) is 0 Å². The highest BCUT2D eigenvalue weighted by Gasteiger charge is 2.14. The zero-order chi connectivity index (χ0) is 13.2. The van der Waals surface area contributed by atoms with Gasteiger partial charge in [-0.3, -0.25) is 4.98 Å². The van der Waals surface area contributed by atoms with E-state index in [2.05, 4.69) is 15.0 Å². The van der Waals surface area contributed by atoms with Crippen molar-refractivity contribution in [2.75, 3.05) is 0 Å². The van der Waals surface area contributed by atoms with E-state index in [0.29, 0.717) is 11.2 Å². The number of rotatable bonds is 3. The van der Waals surface area contributed by atoms with Crippen molar-refractivity contribution in [1.82, 2.24) is 15.0 Å². The number of hydrogen-bond acceptors (Lipinski definition) is 3. The van der Waals surface area contributed by atoms with Crippen molar-refractivity contribution < 1.29 is 9.13 Å². The number of aryl methyl sites for hydroxylation is 1. The molecule has 0 saturated heterocycles. The quantitative estimate of drug-likeness (QED) is 0.784. The number of aromatic nitrogens is 3. The monoisotopic (exact) mass is 257 g/mol. The lowest BCUT2D eigenvalue weighted by molar-refractivity contribution is 0.273. The van der Waals surface area contributed by atoms with E-state index in [1.807, 2.05) is 18.2 Å². The summed E-state index contributed by atoms with van der Waals surface area (Å²) in [7, 11) is 0. The standard InChI is InChI=1S/C14H12FN3O/c1-9-11-5-7-17-13(11)18-14(12(9)15)19-8-10-4-2-3-6-16-10/h2-7H,8H2,1H3,(H,17,18). The van der Waals surface area contributed by atoms with E-state index in [0.717, 1.165) is 11.1 Å². The molecule has 0 bridgehead atoms. The molecule has 0 atom stereocenters. The van der Waals surface area contributed by atoms with E-state index in [4.69, 9.17) is 4.74 Å². The van der Waals surface area contributed by atoms with Crippen LogP contribution in [-0.2, 0) is 6.61 Å². The number of ether oxygens (including phenoxy) is 1. The maximum Gasteiger partial charge on any atom is 0.253 e. The third-order valence-corrected chi connectivity index (χ3v) is 2.94. The Morgan fingerprint density at radius 1 is 1.32 bits per heavy atom. The van der Waals surface area contributed by atoms with Crippen LogP contribution in [0.25, 0.3) is 11.0 Å². The van der Waals surface area contributed by atoms with Crippen LogP contribution >= 0.6 is 0 Å². The second-order valence-electron chi connectivity index (χ2n) is 4.21. The summed E-state index contributed by atoms with van der Waals surface area (Å²) in [5, 5.41) is 0.766. The summed E-state index contributed by atoms with van der Waals surface area (Å²) in [4.78, 5) is 11.2. The lowest BCUT2D eigenvalue weighted by Gasteiger charge is -2.08. The summed E-state index contributed by atoms with van der Waals surface area (Å²) in [6.07, 6.45) is 3.40. The molecular formula is C14H12FN3O. The molecule has 1 N–H and O–H groups in total. The number of nitrogens with one attached hydrogen (secondary N) is 1. The van der Waals surface area contributed by atoms with Gasteiger partial charge in [0.1, 0.15) is 12.3 Å². The first kappa shape index (κ1) is 11.6. The van der Waals surface area contributed by atoms with Crippen molar-refractivity contribution >= 4 is 11.0 Å². The molecule has 19 heavy (non-hydrogen) atoms. The van der Waals surface area contributed by atoms with Gasteiger partial charge in [-0.15, -0.1) is 0 Å². The number of hydrogen-bond donors (Lipinski definition) is 1. The van der Waals surface area contributed by atoms with Gasteiger partial charge in [-0.25, -0.2) is 4.39 Å². The Kier molecular flexibility index (Phi) is 2.87. The van der Waals surface area contributed by atoms with Crippen LogP contribution in [0.15, 0.2) is 36.7 Å². The van der Waals surface area contributed by atoms with Crippen molar-refractivity contribution in [2.24, 2.45) is 0 Å². The van der Waals surface area contributed by atoms with Gasteiger partial charge in [0.15, 0.2) is 5.82 Å². The number of aromatic amines is 1. The summed E-state index contributed by atoms with van der Waals surface area (Å²) in [5.74, 6) is -0.430. The molecule has 4 nitrogen and oxygen atoms in total. The normalized spacial score (nSPS) is 10.8. The third-order valence-electron chi connectivity index (χ3n) is 2.94. The summed E-state index contributed by atoms with van der Waals surface area (Å²) >= 11 is 0. The highest BCUT2D eigenvalue weighted by molar-refractivity contribution is 5.80. The fraction of sp³-hybridized carbons (Fsp3) is 0.143. The number of pyridine rings is 2. The third kappa shape index (κ3) is 2.14. The molecule has 0 fully saturated rings. The SMILES string of the molecule is Cc1c(F)c(OCc2ccccn2)nc2[nH]ccc12. The summed E-state index contributed by atoms with van der Waals surface area (Å²) in [6.45, 7) is 1.90. The summed E-state index contributed by atoms with van der Waals surface area (Å²) in [6, 6.07) is 7.29. The topological polar surface area (TPSA) is 50.8 Å². The Labute approximate surface area is 109 Å². The molecule has 3 aromatic rings. The van der Waals surface area contributed by atoms with Crippen molar-refractivity contribution in [3.05, 3.63) is 53.7 Å². The molecule has 0 radical (unpaired) electrons. The van der Waals surface area contributed by atoms with E-state index in [9.17, 15) is 4.39 Å². The maximum atomic E-state index is 14.1. The number of H-pyrrole nitrogens is 1. The molecule has 0 aliphatic carbocycles. The molecule has 0 unspecified atom stereocenters. The van der Waals surface area contributed by atoms with Crippen molar-refractivity contribution in [3.63, 3.8) is 0 Å². The molecule has 0 spiro atoms. The van der Waals surface area contributed by atoms with Gasteiger partial charge in [0, 0.05) is 23.3 Å². The van der Waals surface area contributed by atoms with Gasteiger partial charge in [0.05, 0.1) is 5.69 Å². The highest BCUT2D eigenvalue weighted by Crippen LogP contribution is 2.25. The number of halogens is 1. The number of fused-ring (bicyclic) bond motifs is 1. The second kappa shape index (κ2) is 4.68. The molecule has 0 amide bonds. The largest absolute Gasteiger partial charge is 0.469 e. The zero-order valence-corrected chi connectivity index (χ0v) is 10.4. The fourth-order valence-corrected chi connectivity index (χ4v) is 1.91. The second-order valence-corrected chi connectivity index (χ2v) is 4.21. The molecule has 0 aliphatic heterocycles. The van der Waals surface area contributed by atoms with Crippen molar-refractivity contribution in [1.29, 1.82) is 0 Å². The molecule has 96 valence electrons. The average molecular weight is 257 g/mol. The molecule has 3 heterocycles. The van der Waals surface area contributed by atoms with E-state index in [1.54, 1.807) is 25.4 Å². The van der Waals surface area contributed by atoms with E-state index in [-0.39, 0.29) is 12.5 Å². The van der Waals surface area contributed by atoms with Crippen LogP contribution in [-0.4, -0.2) is 15.0 Å². The zero-order valence-electron chi connectivity index (χ0n) is 10.4. The predicted molar refractivity (Wildman–Crippen MR) is 69.4 cm³/mol. The van der Waals surface area contributed by atoms with E-state index < -0.39 is 5.82 Å². The highest BCUT2D eigenvalue weighted by atomic mass is 19.1. The van der Waals surface area contributed by atoms with Crippen LogP contribution in [0.3, 0.4) is 0 Å². The summed E-state index contributed by atoms with van der Waals surface area (Å²) in [5.41, 5.74) is 1.88. The Balaban J connectivity index is 1.90. The Bertz CT molecular complexity index is 709. The number of nitrogens with zero attached hydrogens (tertiary/aromatic N) is 2. The van der Waals surface area contributed by atoms with Gasteiger partial charge in [-0.1, -0.05) is 6.07 Å². The van der Waals surface area contributed by atoms with E-state index >= 15 is 0 Å². The molecular weight excluding hydrogens is 245 g/mol. The predicted octanol–water partition coefficient (Wildman–Crippen LogP) is 2.98. The van der Waals surface area contributed by atoms with Crippen LogP contribution in [0.1, 0.15) is 11.3 Å². The summed E-state index contributed by atoms with van der Waals surface area (Å²) < 4.78 is 19.5. The molecule has 3 rings (SSSR count). The molecule has 0 aromatic carbocycles. The fourth-order valence-electron chi connectivity index (χ4n) is 1.91. The minimum atomic E-state index is -0.428. The van der Waals surface area contributed by atoms with Gasteiger partial charge in [0.2, 0.25) is 0 Å². The van der Waals surface area contributed by atoms with Crippen LogP contribution in [0, 0.1) is 12.7 Å². The van der Waals surface area contributed by atoms with Crippen LogP contribution in [0.5, 0.6) is 5.88 Å². The lowest BCUT2D eigenvalue weighted by atomic mass is 10.2. The molecule has 0 saturated carbocycles. The van der Waals surface area contributed by atoms with E-state index in [1.165, 1.54) is 0 Å². The maximum absolute atomic E-state index is 14.1. The first-order valence-corrected chi connectivity index (χ1v) is 5.91. The first-order chi connectivity index (χ1) is 9.25. The van der Waals surface area contributed by atoms with Gasteiger partial charge in [-0.2, -0.15) is 4.98 Å². The van der Waals surface area contributed by atoms with Gasteiger partial charge in [-0.05, 0) is 25.1 Å². The van der Waals surface area contributed by atoms with Crippen LogP contribution in [0.4, 0.5) is 4.39 Å². The van der Waals surface area contributed by atoms with Crippen LogP contribution < -0.4 is 4.74 Å². The Hall–Kier alpha value is -2.43. The van der Waals surface area contributed by atoms with Gasteiger partial charge < -0.3 is 9.72 Å². The van der Waals surface area contributed by atoms with Crippen molar-refractivity contribution in [2.45, 2.75) is 13.5 Å². The minimum Gasteiger partial charge on any atom is -0.469 e. The van der Waals surface area contributed by atoms with Gasteiger partial charge >= 0.3 is 0 Å². The Morgan fingerprint density at radius 2 is 2.21 bits per heavy atom. The Morgan fingerprint density at radius 3 is 3.00 bits per heavy atom. The lowest BCUT2D eigenvalue weighted by Crippen LogP contribution is -2.02. The smallest absolute Gasteiger partial charge is 0.253 e.